The van der Waals surface area contributed by atoms with Gasteiger partial charge < -0.3 is 14.6 Å². The first-order valence-electron chi connectivity index (χ1n) is 7.89. The van der Waals surface area contributed by atoms with Crippen molar-refractivity contribution < 1.29 is 31.5 Å². The molecule has 2 aromatic carbocycles. The van der Waals surface area contributed by atoms with Crippen LogP contribution in [0.25, 0.3) is 0 Å². The first kappa shape index (κ1) is 18.0. The van der Waals surface area contributed by atoms with E-state index >= 15 is 0 Å². The zero-order chi connectivity index (χ0) is 19.4. The van der Waals surface area contributed by atoms with Gasteiger partial charge in [0.2, 0.25) is 5.72 Å². The maximum Gasteiger partial charge on any atom is 0.416 e. The molecule has 4 rings (SSSR count). The fourth-order valence-electron chi connectivity index (χ4n) is 3.07. The SMILES string of the molecule is O=C1NC2(CN([S+](=O)([O-])c3cccc(C(F)(F)F)c3)C2)Oc2ccccc21. The molecule has 1 fully saturated rings. The zero-order valence-electron chi connectivity index (χ0n) is 13.7. The molecule has 2 aromatic rings. The van der Waals surface area contributed by atoms with Crippen LogP contribution in [0.15, 0.2) is 53.4 Å². The van der Waals surface area contributed by atoms with Crippen LogP contribution in [-0.4, -0.2) is 33.6 Å². The summed E-state index contributed by atoms with van der Waals surface area (Å²) in [5.74, 6) is -0.0645. The van der Waals surface area contributed by atoms with E-state index in [9.17, 15) is 26.7 Å². The highest BCUT2D eigenvalue weighted by Gasteiger charge is 2.57. The fraction of sp³-hybridized carbons (Fsp3) is 0.235. The highest BCUT2D eigenvalue weighted by Crippen LogP contribution is 2.38. The monoisotopic (exact) mass is 398 g/mol. The lowest BCUT2D eigenvalue weighted by molar-refractivity contribution is -0.137. The van der Waals surface area contributed by atoms with Gasteiger partial charge in [0.25, 0.3) is 5.91 Å². The van der Waals surface area contributed by atoms with E-state index < -0.39 is 38.7 Å². The van der Waals surface area contributed by atoms with Crippen molar-refractivity contribution in [3.05, 3.63) is 59.7 Å². The van der Waals surface area contributed by atoms with E-state index in [0.717, 1.165) is 22.5 Å². The molecule has 10 heteroatoms. The van der Waals surface area contributed by atoms with Crippen molar-refractivity contribution in [3.63, 3.8) is 0 Å². The number of alkyl halides is 3. The Hall–Kier alpha value is -2.43. The molecular weight excluding hydrogens is 385 g/mol. The number of ether oxygens (including phenoxy) is 1. The van der Waals surface area contributed by atoms with Gasteiger partial charge in [-0.25, -0.2) is 0 Å². The second kappa shape index (κ2) is 5.78. The second-order valence-electron chi connectivity index (χ2n) is 6.35. The van der Waals surface area contributed by atoms with Crippen LogP contribution in [0.1, 0.15) is 15.9 Å². The number of nitrogens with one attached hydrogen (secondary N) is 1. The van der Waals surface area contributed by atoms with Crippen LogP contribution in [0.4, 0.5) is 13.2 Å². The third-order valence-corrected chi connectivity index (χ3v) is 6.23. The van der Waals surface area contributed by atoms with Gasteiger partial charge in [0.1, 0.15) is 18.8 Å². The van der Waals surface area contributed by atoms with Crippen LogP contribution in [0.2, 0.25) is 0 Å². The summed E-state index contributed by atoms with van der Waals surface area (Å²) >= 11 is 0. The lowest BCUT2D eigenvalue weighted by Crippen LogP contribution is -2.76. The van der Waals surface area contributed by atoms with E-state index in [1.807, 2.05) is 0 Å². The number of hydrogen-bond donors (Lipinski definition) is 1. The Labute approximate surface area is 153 Å². The Morgan fingerprint density at radius 3 is 2.56 bits per heavy atom. The Balaban J connectivity index is 1.56. The Morgan fingerprint density at radius 2 is 1.85 bits per heavy atom. The molecular formula is C17H13F3N2O4S. The van der Waals surface area contributed by atoms with E-state index in [1.165, 1.54) is 0 Å². The molecule has 2 heterocycles. The lowest BCUT2D eigenvalue weighted by Gasteiger charge is -2.50. The molecule has 1 atom stereocenters. The normalized spacial score (nSPS) is 20.8. The second-order valence-corrected chi connectivity index (χ2v) is 8.28. The molecule has 0 aliphatic carbocycles. The number of amides is 1. The molecule has 0 saturated carbocycles. The molecule has 27 heavy (non-hydrogen) atoms. The quantitative estimate of drug-likeness (QED) is 0.788. The Morgan fingerprint density at radius 1 is 1.15 bits per heavy atom. The minimum Gasteiger partial charge on any atom is -0.593 e. The van der Waals surface area contributed by atoms with Gasteiger partial charge in [-0.2, -0.15) is 13.2 Å². The number of nitrogens with zero attached hydrogens (tertiary/aromatic N) is 1. The molecule has 1 saturated heterocycles. The average molecular weight is 398 g/mol. The van der Waals surface area contributed by atoms with Crippen molar-refractivity contribution in [2.24, 2.45) is 0 Å². The van der Waals surface area contributed by atoms with Gasteiger partial charge in [0.15, 0.2) is 15.3 Å². The summed E-state index contributed by atoms with van der Waals surface area (Å²) < 4.78 is 70.5. The van der Waals surface area contributed by atoms with Crippen molar-refractivity contribution >= 4 is 16.3 Å². The van der Waals surface area contributed by atoms with Gasteiger partial charge in [0, 0.05) is 6.07 Å². The number of sulfonamides is 1. The molecule has 0 aromatic heterocycles. The van der Waals surface area contributed by atoms with Gasteiger partial charge in [0.05, 0.1) is 11.1 Å². The van der Waals surface area contributed by atoms with Crippen molar-refractivity contribution in [2.45, 2.75) is 16.8 Å². The summed E-state index contributed by atoms with van der Waals surface area (Å²) in [6, 6.07) is 10.1. The van der Waals surface area contributed by atoms with E-state index in [2.05, 4.69) is 5.32 Å². The molecule has 1 spiro atoms. The van der Waals surface area contributed by atoms with Crippen molar-refractivity contribution in [1.29, 1.82) is 0 Å². The van der Waals surface area contributed by atoms with Crippen LogP contribution in [-0.2, 0) is 20.8 Å². The topological polar surface area (TPSA) is 81.7 Å². The number of carbonyl (C=O) groups is 1. The largest absolute Gasteiger partial charge is 0.593 e. The summed E-state index contributed by atoms with van der Waals surface area (Å²) in [6.07, 6.45) is -4.65. The van der Waals surface area contributed by atoms with Gasteiger partial charge in [-0.3, -0.25) is 4.79 Å². The summed E-state index contributed by atoms with van der Waals surface area (Å²) in [5, 5.41) is 2.63. The number of benzene rings is 2. The van der Waals surface area contributed by atoms with E-state index in [0.29, 0.717) is 17.4 Å². The summed E-state index contributed by atoms with van der Waals surface area (Å²) in [5.41, 5.74) is -1.93. The molecule has 1 amide bonds. The first-order valence-corrected chi connectivity index (χ1v) is 9.33. The molecule has 1 N–H and O–H groups in total. The van der Waals surface area contributed by atoms with Crippen LogP contribution >= 0.6 is 0 Å². The van der Waals surface area contributed by atoms with Gasteiger partial charge >= 0.3 is 6.18 Å². The average Bonchev–Trinajstić information content (AvgIpc) is 2.59. The summed E-state index contributed by atoms with van der Waals surface area (Å²) in [7, 11) is -4.15. The fourth-order valence-corrected chi connectivity index (χ4v) is 4.65. The minimum absolute atomic E-state index is 0.203. The molecule has 142 valence electrons. The van der Waals surface area contributed by atoms with Crippen LogP contribution in [0.3, 0.4) is 0 Å². The standard InChI is InChI=1S/C17H13F3N2O4S/c18-17(19,20)11-4-3-5-12(8-11)27(24,25)22-9-16(10-22)21-15(23)13-6-1-2-7-14(13)26-16/h1-8H,9-10H2,(H-,21,23,24,25). The molecule has 6 nitrogen and oxygen atoms in total. The van der Waals surface area contributed by atoms with Crippen LogP contribution in [0.5, 0.6) is 5.75 Å². The summed E-state index contributed by atoms with van der Waals surface area (Å²) in [6.45, 7) is -0.405. The maximum atomic E-state index is 12.8. The number of hydrogen-bond acceptors (Lipinski definition) is 4. The molecule has 0 radical (unpaired) electrons. The predicted molar refractivity (Wildman–Crippen MR) is 87.4 cm³/mol. The summed E-state index contributed by atoms with van der Waals surface area (Å²) in [4.78, 5) is 11.7. The van der Waals surface area contributed by atoms with Crippen molar-refractivity contribution in [1.82, 2.24) is 9.62 Å². The number of rotatable bonds is 2. The number of carbonyl (C=O) groups excluding carboxylic acids is 1. The predicted octanol–water partition coefficient (Wildman–Crippen LogP) is 2.44. The smallest absolute Gasteiger partial charge is 0.416 e. The van der Waals surface area contributed by atoms with Crippen LogP contribution < -0.4 is 10.1 Å². The van der Waals surface area contributed by atoms with E-state index in [-0.39, 0.29) is 13.1 Å². The molecule has 0 bridgehead atoms. The Kier molecular flexibility index (Phi) is 3.85. The van der Waals surface area contributed by atoms with Gasteiger partial charge in [-0.05, 0) is 24.3 Å². The zero-order valence-corrected chi connectivity index (χ0v) is 14.5. The molecule has 2 aliphatic rings. The van der Waals surface area contributed by atoms with E-state index in [4.69, 9.17) is 4.74 Å². The molecule has 2 aliphatic heterocycles. The first-order chi connectivity index (χ1) is 12.6. The number of fused-ring (bicyclic) bond motifs is 1. The van der Waals surface area contributed by atoms with Crippen molar-refractivity contribution in [3.8, 4) is 5.75 Å². The maximum absolute atomic E-state index is 12.8. The Bertz CT molecular complexity index is 973. The molecule has 1 unspecified atom stereocenters. The van der Waals surface area contributed by atoms with Gasteiger partial charge in [-0.1, -0.05) is 22.4 Å². The third kappa shape index (κ3) is 2.99. The van der Waals surface area contributed by atoms with Crippen molar-refractivity contribution in [2.75, 3.05) is 13.1 Å². The lowest BCUT2D eigenvalue weighted by atomic mass is 10.0. The van der Waals surface area contributed by atoms with Gasteiger partial charge in [-0.15, -0.1) is 4.31 Å². The minimum atomic E-state index is -4.65. The highest BCUT2D eigenvalue weighted by molar-refractivity contribution is 7.95. The van der Waals surface area contributed by atoms with Crippen LogP contribution in [0, 0.1) is 0 Å². The highest BCUT2D eigenvalue weighted by atomic mass is 32.3. The van der Waals surface area contributed by atoms with E-state index in [1.54, 1.807) is 24.3 Å². The third-order valence-electron chi connectivity index (χ3n) is 4.44. The number of halogens is 3. The number of para-hydroxylation sites is 1.